The summed E-state index contributed by atoms with van der Waals surface area (Å²) in [5.74, 6) is 0.504. The van der Waals surface area contributed by atoms with Gasteiger partial charge in [-0.2, -0.15) is 0 Å². The smallest absolute Gasteiger partial charge is 0.227 e. The molecule has 1 aromatic heterocycles. The summed E-state index contributed by atoms with van der Waals surface area (Å²) in [6, 6.07) is 18.4. The number of rotatable bonds is 7. The van der Waals surface area contributed by atoms with Crippen molar-refractivity contribution in [3.8, 4) is 0 Å². The summed E-state index contributed by atoms with van der Waals surface area (Å²) in [7, 11) is 0. The van der Waals surface area contributed by atoms with Crippen molar-refractivity contribution < 1.29 is 5.11 Å². The van der Waals surface area contributed by atoms with E-state index in [-0.39, 0.29) is 6.61 Å². The second-order valence-corrected chi connectivity index (χ2v) is 8.09. The van der Waals surface area contributed by atoms with Crippen LogP contribution in [0.25, 0.3) is 5.57 Å². The van der Waals surface area contributed by atoms with E-state index in [4.69, 9.17) is 21.7 Å². The number of benzene rings is 2. The van der Waals surface area contributed by atoms with Gasteiger partial charge in [0.25, 0.3) is 0 Å². The number of hydrogen-bond acceptors (Lipinski definition) is 6. The minimum absolute atomic E-state index is 0.210. The van der Waals surface area contributed by atoms with E-state index in [2.05, 4.69) is 32.2 Å². The first kappa shape index (κ1) is 22.3. The fourth-order valence-corrected chi connectivity index (χ4v) is 4.15. The first-order valence-corrected chi connectivity index (χ1v) is 11.3. The van der Waals surface area contributed by atoms with Gasteiger partial charge >= 0.3 is 0 Å². The van der Waals surface area contributed by atoms with Gasteiger partial charge in [0.15, 0.2) is 0 Å². The van der Waals surface area contributed by atoms with E-state index in [1.807, 2.05) is 55.5 Å². The van der Waals surface area contributed by atoms with Crippen LogP contribution in [0.5, 0.6) is 0 Å². The molecule has 1 saturated heterocycles. The maximum atomic E-state index is 9.14. The summed E-state index contributed by atoms with van der Waals surface area (Å²) in [5.41, 5.74) is 4.81. The van der Waals surface area contributed by atoms with E-state index in [0.717, 1.165) is 55.2 Å². The standard InChI is InChI=1S/C25H28ClN5O/c1-2-22(19-7-4-3-5-8-19)24-23(26)18-27-25(29-24)28-20-9-6-10-21(17-20)31-13-11-30(12-14-31)15-16-32/h2-10,17-18,32H,11-16H2,1H3,(H,27,28,29)/b22-2+. The number of allylic oxidation sites excluding steroid dienone is 1. The maximum absolute atomic E-state index is 9.14. The highest BCUT2D eigenvalue weighted by Crippen LogP contribution is 2.29. The molecular formula is C25H28ClN5O. The molecule has 4 rings (SSSR count). The summed E-state index contributed by atoms with van der Waals surface area (Å²) in [6.07, 6.45) is 3.66. The highest BCUT2D eigenvalue weighted by molar-refractivity contribution is 6.32. The Morgan fingerprint density at radius 3 is 2.59 bits per heavy atom. The molecule has 0 bridgehead atoms. The first-order valence-electron chi connectivity index (χ1n) is 10.9. The molecule has 0 saturated carbocycles. The monoisotopic (exact) mass is 449 g/mol. The molecule has 3 aromatic rings. The molecule has 166 valence electrons. The second-order valence-electron chi connectivity index (χ2n) is 7.69. The Balaban J connectivity index is 1.52. The van der Waals surface area contributed by atoms with Crippen molar-refractivity contribution in [1.82, 2.24) is 14.9 Å². The minimum Gasteiger partial charge on any atom is -0.395 e. The third-order valence-electron chi connectivity index (χ3n) is 5.63. The van der Waals surface area contributed by atoms with Gasteiger partial charge in [-0.1, -0.05) is 54.1 Å². The van der Waals surface area contributed by atoms with Crippen LogP contribution in [0.1, 0.15) is 18.2 Å². The van der Waals surface area contributed by atoms with E-state index in [1.165, 1.54) is 0 Å². The van der Waals surface area contributed by atoms with E-state index in [0.29, 0.717) is 16.7 Å². The Kier molecular flexibility index (Phi) is 7.37. The average Bonchev–Trinajstić information content (AvgIpc) is 2.83. The van der Waals surface area contributed by atoms with Crippen LogP contribution in [0, 0.1) is 0 Å². The van der Waals surface area contributed by atoms with Gasteiger partial charge in [-0.15, -0.1) is 0 Å². The third kappa shape index (κ3) is 5.27. The topological polar surface area (TPSA) is 64.5 Å². The Bertz CT molecular complexity index is 1060. The maximum Gasteiger partial charge on any atom is 0.227 e. The van der Waals surface area contributed by atoms with Crippen LogP contribution in [0.4, 0.5) is 17.3 Å². The molecule has 0 aliphatic carbocycles. The zero-order chi connectivity index (χ0) is 22.3. The molecule has 1 aliphatic rings. The van der Waals surface area contributed by atoms with Crippen molar-refractivity contribution in [1.29, 1.82) is 0 Å². The molecule has 32 heavy (non-hydrogen) atoms. The number of aromatic nitrogens is 2. The molecule has 1 fully saturated rings. The molecule has 7 heteroatoms. The van der Waals surface area contributed by atoms with Gasteiger partial charge in [0.05, 0.1) is 23.5 Å². The zero-order valence-electron chi connectivity index (χ0n) is 18.2. The van der Waals surface area contributed by atoms with Gasteiger partial charge in [-0.3, -0.25) is 4.90 Å². The lowest BCUT2D eigenvalue weighted by molar-refractivity contribution is 0.189. The summed E-state index contributed by atoms with van der Waals surface area (Å²) < 4.78 is 0. The van der Waals surface area contributed by atoms with Gasteiger partial charge in [-0.25, -0.2) is 9.97 Å². The zero-order valence-corrected chi connectivity index (χ0v) is 19.0. The third-order valence-corrected chi connectivity index (χ3v) is 5.91. The molecule has 2 N–H and O–H groups in total. The van der Waals surface area contributed by atoms with Crippen LogP contribution in [0.15, 0.2) is 66.9 Å². The summed E-state index contributed by atoms with van der Waals surface area (Å²) >= 11 is 6.46. The van der Waals surface area contributed by atoms with Gasteiger partial charge < -0.3 is 15.3 Å². The van der Waals surface area contributed by atoms with Gasteiger partial charge in [0.1, 0.15) is 0 Å². The number of aliphatic hydroxyl groups is 1. The molecule has 1 aliphatic heterocycles. The van der Waals surface area contributed by atoms with Crippen LogP contribution in [0.2, 0.25) is 5.02 Å². The van der Waals surface area contributed by atoms with Gasteiger partial charge in [-0.05, 0) is 30.7 Å². The highest BCUT2D eigenvalue weighted by Gasteiger charge is 2.17. The summed E-state index contributed by atoms with van der Waals surface area (Å²) in [4.78, 5) is 13.8. The Labute approximate surface area is 194 Å². The molecule has 2 heterocycles. The van der Waals surface area contributed by atoms with E-state index in [9.17, 15) is 0 Å². The van der Waals surface area contributed by atoms with Crippen molar-refractivity contribution in [2.45, 2.75) is 6.92 Å². The molecule has 0 radical (unpaired) electrons. The second kappa shape index (κ2) is 10.6. The van der Waals surface area contributed by atoms with Crippen LogP contribution in [-0.4, -0.2) is 59.3 Å². The molecule has 0 atom stereocenters. The minimum atomic E-state index is 0.210. The van der Waals surface area contributed by atoms with Crippen LogP contribution >= 0.6 is 11.6 Å². The highest BCUT2D eigenvalue weighted by atomic mass is 35.5. The van der Waals surface area contributed by atoms with Crippen LogP contribution in [-0.2, 0) is 0 Å². The van der Waals surface area contributed by atoms with Crippen LogP contribution in [0.3, 0.4) is 0 Å². The van der Waals surface area contributed by atoms with Crippen molar-refractivity contribution in [2.24, 2.45) is 0 Å². The fraction of sp³-hybridized carbons (Fsp3) is 0.280. The molecule has 0 spiro atoms. The largest absolute Gasteiger partial charge is 0.395 e. The molecule has 2 aromatic carbocycles. The lowest BCUT2D eigenvalue weighted by atomic mass is 10.0. The number of hydrogen-bond donors (Lipinski definition) is 2. The predicted octanol–water partition coefficient (Wildman–Crippen LogP) is 4.44. The quantitative estimate of drug-likeness (QED) is 0.556. The average molecular weight is 450 g/mol. The summed E-state index contributed by atoms with van der Waals surface area (Å²) in [5, 5.41) is 13.0. The molecular weight excluding hydrogens is 422 g/mol. The first-order chi connectivity index (χ1) is 15.7. The Morgan fingerprint density at radius 2 is 1.88 bits per heavy atom. The van der Waals surface area contributed by atoms with E-state index >= 15 is 0 Å². The van der Waals surface area contributed by atoms with Crippen molar-refractivity contribution in [2.75, 3.05) is 49.5 Å². The van der Waals surface area contributed by atoms with Gasteiger partial charge in [0, 0.05) is 49.7 Å². The number of anilines is 3. The normalized spacial score (nSPS) is 15.1. The Hall–Kier alpha value is -2.93. The SMILES string of the molecule is C/C=C(\c1ccccc1)c1nc(Nc2cccc(N3CCN(CCO)CC3)c2)ncc1Cl. The number of piperazine rings is 1. The number of β-amino-alcohol motifs (C(OH)–C–C–N with tert-alkyl or cyclic N) is 1. The summed E-state index contributed by atoms with van der Waals surface area (Å²) in [6.45, 7) is 6.71. The van der Waals surface area contributed by atoms with Crippen molar-refractivity contribution in [3.05, 3.63) is 83.2 Å². The lowest BCUT2D eigenvalue weighted by Gasteiger charge is -2.35. The van der Waals surface area contributed by atoms with E-state index < -0.39 is 0 Å². The number of aliphatic hydroxyl groups excluding tert-OH is 1. The predicted molar refractivity (Wildman–Crippen MR) is 132 cm³/mol. The molecule has 0 unspecified atom stereocenters. The van der Waals surface area contributed by atoms with Crippen LogP contribution < -0.4 is 10.2 Å². The molecule has 0 amide bonds. The van der Waals surface area contributed by atoms with Crippen molar-refractivity contribution in [3.63, 3.8) is 0 Å². The van der Waals surface area contributed by atoms with Crippen molar-refractivity contribution >= 4 is 34.5 Å². The fourth-order valence-electron chi connectivity index (χ4n) is 3.95. The van der Waals surface area contributed by atoms with Gasteiger partial charge in [0.2, 0.25) is 5.95 Å². The lowest BCUT2D eigenvalue weighted by Crippen LogP contribution is -2.47. The number of halogens is 1. The number of nitrogens with one attached hydrogen (secondary N) is 1. The molecule has 6 nitrogen and oxygen atoms in total. The van der Waals surface area contributed by atoms with E-state index in [1.54, 1.807) is 6.20 Å². The Morgan fingerprint density at radius 1 is 1.09 bits per heavy atom. The number of nitrogens with zero attached hydrogens (tertiary/aromatic N) is 4.